The summed E-state index contributed by atoms with van der Waals surface area (Å²) in [5.74, 6) is 0.934. The molecule has 6 rings (SSSR count). The maximum absolute atomic E-state index is 13.7. The van der Waals surface area contributed by atoms with Crippen LogP contribution in [0, 0.1) is 34.0 Å². The number of ether oxygens (including phenoxy) is 2. The first-order valence-corrected chi connectivity index (χ1v) is 12.4. The molecule has 6 nitrogen and oxygen atoms in total. The van der Waals surface area contributed by atoms with Crippen molar-refractivity contribution in [3.05, 3.63) is 12.2 Å². The topological polar surface area (TPSA) is 72.9 Å². The molecular formula is C26H37NO5. The number of hydrogen-bond acceptors (Lipinski definition) is 5. The Morgan fingerprint density at radius 2 is 1.81 bits per heavy atom. The zero-order valence-electron chi connectivity index (χ0n) is 19.8. The molecule has 6 fully saturated rings. The van der Waals surface area contributed by atoms with E-state index in [1.165, 1.54) is 13.8 Å². The van der Waals surface area contributed by atoms with Crippen LogP contribution in [0.5, 0.6) is 0 Å². The van der Waals surface area contributed by atoms with Gasteiger partial charge >= 0.3 is 11.9 Å². The molecule has 0 N–H and O–H groups in total. The van der Waals surface area contributed by atoms with Crippen molar-refractivity contribution in [1.29, 1.82) is 0 Å². The fraction of sp³-hybridized carbons (Fsp3) is 0.808. The molecule has 176 valence electrons. The van der Waals surface area contributed by atoms with Gasteiger partial charge < -0.3 is 14.4 Å². The standard InChI is InChI=1S/C26H37NO5/c1-16-19-6-10-25(22(16)32-18(3)29)11-7-20-24(4)8-5-9-26(20,21(25)14-19)15-27(23(24)30)12-13-31-17(2)28/h19-22H,1,5-15H2,2-4H3/t19-,20+,21+,22-,24+,25-,26-/m0/s1. The number of carbonyl (C=O) groups excluding carboxylic acids is 3. The van der Waals surface area contributed by atoms with Crippen LogP contribution in [0.3, 0.4) is 0 Å². The summed E-state index contributed by atoms with van der Waals surface area (Å²) in [7, 11) is 0. The quantitative estimate of drug-likeness (QED) is 0.487. The Kier molecular flexibility index (Phi) is 5.03. The van der Waals surface area contributed by atoms with Gasteiger partial charge in [-0.1, -0.05) is 19.9 Å². The highest BCUT2D eigenvalue weighted by atomic mass is 16.5. The van der Waals surface area contributed by atoms with E-state index in [9.17, 15) is 14.4 Å². The number of carbonyl (C=O) groups is 3. The number of hydrogen-bond donors (Lipinski definition) is 0. The van der Waals surface area contributed by atoms with Gasteiger partial charge in [-0.2, -0.15) is 0 Å². The highest BCUT2D eigenvalue weighted by Gasteiger charge is 2.72. The van der Waals surface area contributed by atoms with Crippen LogP contribution in [0.15, 0.2) is 12.2 Å². The van der Waals surface area contributed by atoms with Gasteiger partial charge in [0.15, 0.2) is 0 Å². The first-order chi connectivity index (χ1) is 15.1. The summed E-state index contributed by atoms with van der Waals surface area (Å²) >= 11 is 0. The minimum Gasteiger partial charge on any atom is -0.464 e. The molecular weight excluding hydrogens is 406 g/mol. The number of esters is 2. The largest absolute Gasteiger partial charge is 0.464 e. The molecule has 5 aliphatic carbocycles. The molecule has 6 aliphatic rings. The molecule has 0 radical (unpaired) electrons. The van der Waals surface area contributed by atoms with E-state index in [1.807, 2.05) is 4.90 Å². The Hall–Kier alpha value is -1.85. The van der Waals surface area contributed by atoms with E-state index in [1.54, 1.807) is 0 Å². The van der Waals surface area contributed by atoms with Gasteiger partial charge in [0.05, 0.1) is 6.54 Å². The highest BCUT2D eigenvalue weighted by Crippen LogP contribution is 2.74. The van der Waals surface area contributed by atoms with E-state index < -0.39 is 0 Å². The Morgan fingerprint density at radius 1 is 1.06 bits per heavy atom. The minimum absolute atomic E-state index is 0.0474. The third-order valence-corrected chi connectivity index (χ3v) is 10.2. The van der Waals surface area contributed by atoms with Crippen molar-refractivity contribution < 1.29 is 23.9 Å². The Bertz CT molecular complexity index is 868. The van der Waals surface area contributed by atoms with Crippen LogP contribution in [-0.4, -0.2) is 48.5 Å². The smallest absolute Gasteiger partial charge is 0.303 e. The van der Waals surface area contributed by atoms with E-state index in [2.05, 4.69) is 13.5 Å². The number of piperidine rings is 1. The van der Waals surface area contributed by atoms with Gasteiger partial charge in [-0.15, -0.1) is 0 Å². The molecule has 4 bridgehead atoms. The fourth-order valence-corrected chi connectivity index (χ4v) is 9.11. The molecule has 0 aromatic heterocycles. The normalized spacial score (nSPS) is 44.5. The molecule has 1 amide bonds. The van der Waals surface area contributed by atoms with Crippen LogP contribution in [0.2, 0.25) is 0 Å². The van der Waals surface area contributed by atoms with Crippen LogP contribution < -0.4 is 0 Å². The summed E-state index contributed by atoms with van der Waals surface area (Å²) in [6.45, 7) is 11.0. The molecule has 6 heteroatoms. The lowest BCUT2D eigenvalue weighted by atomic mass is 9.34. The zero-order chi connectivity index (χ0) is 22.9. The van der Waals surface area contributed by atoms with E-state index >= 15 is 0 Å². The second-order valence-electron chi connectivity index (χ2n) is 11.5. The zero-order valence-corrected chi connectivity index (χ0v) is 19.8. The Labute approximate surface area is 191 Å². The first kappa shape index (κ1) is 22.0. The van der Waals surface area contributed by atoms with Crippen LogP contribution >= 0.6 is 0 Å². The number of fused-ring (bicyclic) bond motifs is 2. The summed E-state index contributed by atoms with van der Waals surface area (Å²) in [5.41, 5.74) is 0.773. The van der Waals surface area contributed by atoms with Crippen LogP contribution in [-0.2, 0) is 23.9 Å². The molecule has 1 aliphatic heterocycles. The van der Waals surface area contributed by atoms with Gasteiger partial charge in [-0.05, 0) is 73.7 Å². The molecule has 0 unspecified atom stereocenters. The summed E-state index contributed by atoms with van der Waals surface area (Å²) in [5, 5.41) is 0. The van der Waals surface area contributed by atoms with Gasteiger partial charge in [-0.25, -0.2) is 0 Å². The average molecular weight is 444 g/mol. The molecule has 1 saturated heterocycles. The lowest BCUT2D eigenvalue weighted by Gasteiger charge is -2.72. The maximum atomic E-state index is 13.7. The Morgan fingerprint density at radius 3 is 2.53 bits per heavy atom. The molecule has 0 aromatic rings. The van der Waals surface area contributed by atoms with Crippen molar-refractivity contribution in [2.75, 3.05) is 19.7 Å². The molecule has 32 heavy (non-hydrogen) atoms. The second-order valence-corrected chi connectivity index (χ2v) is 11.5. The van der Waals surface area contributed by atoms with Gasteiger partial charge in [0, 0.05) is 31.2 Å². The van der Waals surface area contributed by atoms with E-state index in [4.69, 9.17) is 9.47 Å². The monoisotopic (exact) mass is 443 g/mol. The molecule has 1 heterocycles. The van der Waals surface area contributed by atoms with Crippen molar-refractivity contribution >= 4 is 17.8 Å². The lowest BCUT2D eigenvalue weighted by Crippen LogP contribution is -2.72. The summed E-state index contributed by atoms with van der Waals surface area (Å²) in [4.78, 5) is 39.0. The average Bonchev–Trinajstić information content (AvgIpc) is 2.73. The predicted molar refractivity (Wildman–Crippen MR) is 118 cm³/mol. The minimum atomic E-state index is -0.348. The van der Waals surface area contributed by atoms with Crippen LogP contribution in [0.25, 0.3) is 0 Å². The maximum Gasteiger partial charge on any atom is 0.303 e. The predicted octanol–water partition coefficient (Wildman–Crippen LogP) is 3.88. The second kappa shape index (κ2) is 7.33. The first-order valence-electron chi connectivity index (χ1n) is 12.4. The van der Waals surface area contributed by atoms with E-state index in [0.717, 1.165) is 63.5 Å². The van der Waals surface area contributed by atoms with Crippen LogP contribution in [0.4, 0.5) is 0 Å². The number of rotatable bonds is 4. The van der Waals surface area contributed by atoms with Crippen molar-refractivity contribution in [3.8, 4) is 0 Å². The molecule has 1 spiro atoms. The van der Waals surface area contributed by atoms with Gasteiger partial charge in [-0.3, -0.25) is 14.4 Å². The van der Waals surface area contributed by atoms with Gasteiger partial charge in [0.25, 0.3) is 0 Å². The number of amides is 1. The number of likely N-dealkylation sites (tertiary alicyclic amines) is 1. The van der Waals surface area contributed by atoms with Crippen molar-refractivity contribution in [2.24, 2.45) is 34.0 Å². The molecule has 0 aromatic carbocycles. The molecule has 7 atom stereocenters. The van der Waals surface area contributed by atoms with E-state index in [0.29, 0.717) is 24.3 Å². The summed E-state index contributed by atoms with van der Waals surface area (Å²) < 4.78 is 11.2. The highest BCUT2D eigenvalue weighted by molar-refractivity contribution is 5.84. The van der Waals surface area contributed by atoms with Crippen molar-refractivity contribution in [1.82, 2.24) is 4.90 Å². The summed E-state index contributed by atoms with van der Waals surface area (Å²) in [6.07, 6.45) is 8.33. The number of nitrogens with zero attached hydrogens (tertiary/aromatic N) is 1. The third kappa shape index (κ3) is 2.86. The van der Waals surface area contributed by atoms with Crippen molar-refractivity contribution in [2.45, 2.75) is 78.2 Å². The lowest BCUT2D eigenvalue weighted by molar-refractivity contribution is -0.241. The SMILES string of the molecule is C=C1[C@H]2CC[C@@]3(CC[C@H]4[C@@]5(CCC[C@@]4(C)C(=O)N(CCOC(C)=O)C5)[C@@H]3C2)[C@H]1OC(C)=O. The van der Waals surface area contributed by atoms with Crippen LogP contribution in [0.1, 0.15) is 72.1 Å². The fourth-order valence-electron chi connectivity index (χ4n) is 9.11. The molecule has 5 saturated carbocycles. The summed E-state index contributed by atoms with van der Waals surface area (Å²) in [6, 6.07) is 0. The van der Waals surface area contributed by atoms with E-state index in [-0.39, 0.29) is 46.8 Å². The third-order valence-electron chi connectivity index (χ3n) is 10.2. The van der Waals surface area contributed by atoms with Gasteiger partial charge in [0.2, 0.25) is 5.91 Å². The van der Waals surface area contributed by atoms with Gasteiger partial charge in [0.1, 0.15) is 12.7 Å². The Balaban J connectivity index is 1.53. The van der Waals surface area contributed by atoms with Crippen molar-refractivity contribution in [3.63, 3.8) is 0 Å².